The van der Waals surface area contributed by atoms with Crippen molar-refractivity contribution in [2.45, 2.75) is 11.3 Å². The molecule has 0 bridgehead atoms. The molecule has 0 unspecified atom stereocenters. The number of ether oxygens (including phenoxy) is 1. The van der Waals surface area contributed by atoms with Crippen LogP contribution in [-0.2, 0) is 14.8 Å². The molecule has 0 aromatic heterocycles. The normalized spacial score (nSPS) is 11.5. The topological polar surface area (TPSA) is 95.9 Å². The van der Waals surface area contributed by atoms with Crippen molar-refractivity contribution in [3.8, 4) is 5.75 Å². The Balaban J connectivity index is 2.89. The van der Waals surface area contributed by atoms with Gasteiger partial charge in [-0.3, -0.25) is 4.79 Å². The molecule has 2 N–H and O–H groups in total. The third-order valence-corrected chi connectivity index (χ3v) is 4.90. The van der Waals surface area contributed by atoms with Crippen LogP contribution in [0.25, 0.3) is 0 Å². The fourth-order valence-electron chi connectivity index (χ4n) is 1.67. The van der Waals surface area contributed by atoms with E-state index in [9.17, 15) is 13.2 Å². The fourth-order valence-corrected chi connectivity index (χ4v) is 3.21. The van der Waals surface area contributed by atoms with Crippen LogP contribution in [0.4, 0.5) is 0 Å². The second kappa shape index (κ2) is 8.33. The summed E-state index contributed by atoms with van der Waals surface area (Å²) in [7, 11) is -1.27. The Morgan fingerprint density at radius 2 is 2.14 bits per heavy atom. The summed E-state index contributed by atoms with van der Waals surface area (Å²) in [5.41, 5.74) is 0. The number of carbonyl (C=O) groups excluding carboxylic acids is 1. The van der Waals surface area contributed by atoms with Crippen molar-refractivity contribution in [2.75, 3.05) is 33.9 Å². The minimum atomic E-state index is -3.92. The first kappa shape index (κ1) is 18.7. The van der Waals surface area contributed by atoms with Crippen LogP contribution in [-0.4, -0.2) is 57.6 Å². The van der Waals surface area contributed by atoms with Gasteiger partial charge in [0.25, 0.3) is 0 Å². The van der Waals surface area contributed by atoms with Crippen molar-refractivity contribution in [3.05, 3.63) is 23.2 Å². The number of carbonyl (C=O) groups is 1. The Hall–Kier alpha value is -1.35. The fraction of sp³-hybridized carbons (Fsp3) is 0.462. The smallest absolute Gasteiger partial charge is 0.247 e. The zero-order valence-corrected chi connectivity index (χ0v) is 13.9. The molecule has 1 amide bonds. The van der Waals surface area contributed by atoms with Crippen molar-refractivity contribution in [2.24, 2.45) is 0 Å². The third kappa shape index (κ3) is 4.84. The zero-order valence-electron chi connectivity index (χ0n) is 12.4. The van der Waals surface area contributed by atoms with Crippen LogP contribution < -0.4 is 10.1 Å². The number of aliphatic hydroxyl groups excluding tert-OH is 1. The molecule has 0 radical (unpaired) electrons. The molecule has 1 aromatic carbocycles. The summed E-state index contributed by atoms with van der Waals surface area (Å²) in [6, 6.07) is 4.24. The number of rotatable bonds is 8. The molecule has 0 atom stereocenters. The molecule has 0 saturated heterocycles. The quantitative estimate of drug-likeness (QED) is 0.664. The molecule has 1 rings (SSSR count). The highest BCUT2D eigenvalue weighted by atomic mass is 35.5. The minimum Gasteiger partial charge on any atom is -0.495 e. The SMILES string of the molecule is COc1ccc(Cl)cc1S(=O)(=O)N(C)CC(=O)NCCCO. The third-order valence-electron chi connectivity index (χ3n) is 2.84. The molecular formula is C13H19ClN2O5S. The first-order chi connectivity index (χ1) is 10.3. The van der Waals surface area contributed by atoms with Gasteiger partial charge < -0.3 is 15.2 Å². The molecule has 1 aromatic rings. The number of aliphatic hydroxyl groups is 1. The lowest BCUT2D eigenvalue weighted by Gasteiger charge is -2.18. The van der Waals surface area contributed by atoms with Gasteiger partial charge in [0.1, 0.15) is 10.6 Å². The van der Waals surface area contributed by atoms with E-state index in [2.05, 4.69) is 5.32 Å². The number of likely N-dealkylation sites (N-methyl/N-ethyl adjacent to an activating group) is 1. The van der Waals surface area contributed by atoms with Gasteiger partial charge in [0.15, 0.2) is 0 Å². The summed E-state index contributed by atoms with van der Waals surface area (Å²) in [6.07, 6.45) is 0.407. The first-order valence-corrected chi connectivity index (χ1v) is 8.32. The van der Waals surface area contributed by atoms with Crippen molar-refractivity contribution in [1.82, 2.24) is 9.62 Å². The summed E-state index contributed by atoms with van der Waals surface area (Å²) < 4.78 is 30.9. The van der Waals surface area contributed by atoms with Crippen LogP contribution in [0.5, 0.6) is 5.75 Å². The molecule has 9 heteroatoms. The van der Waals surface area contributed by atoms with E-state index in [4.69, 9.17) is 21.4 Å². The molecular weight excluding hydrogens is 332 g/mol. The summed E-state index contributed by atoms with van der Waals surface area (Å²) in [6.45, 7) is -0.110. The van der Waals surface area contributed by atoms with Gasteiger partial charge in [0.05, 0.1) is 13.7 Å². The molecule has 0 saturated carbocycles. The monoisotopic (exact) mass is 350 g/mol. The van der Waals surface area contributed by atoms with Crippen LogP contribution in [0.1, 0.15) is 6.42 Å². The molecule has 0 spiro atoms. The molecule has 124 valence electrons. The van der Waals surface area contributed by atoms with E-state index < -0.39 is 15.9 Å². The van der Waals surface area contributed by atoms with Gasteiger partial charge in [-0.15, -0.1) is 0 Å². The van der Waals surface area contributed by atoms with E-state index in [1.165, 1.54) is 32.4 Å². The lowest BCUT2D eigenvalue weighted by molar-refractivity contribution is -0.121. The van der Waals surface area contributed by atoms with Crippen LogP contribution in [0, 0.1) is 0 Å². The maximum absolute atomic E-state index is 12.5. The Labute approximate surface area is 134 Å². The number of methoxy groups -OCH3 is 1. The standard InChI is InChI=1S/C13H19ClN2O5S/c1-16(9-13(18)15-6-3-7-17)22(19,20)12-8-10(14)4-5-11(12)21-2/h4-5,8,17H,3,6-7,9H2,1-2H3,(H,15,18). The number of amides is 1. The molecule has 0 heterocycles. The number of hydrogen-bond acceptors (Lipinski definition) is 5. The van der Waals surface area contributed by atoms with Gasteiger partial charge >= 0.3 is 0 Å². The Morgan fingerprint density at radius 3 is 2.73 bits per heavy atom. The van der Waals surface area contributed by atoms with Crippen molar-refractivity contribution >= 4 is 27.5 Å². The number of hydrogen-bond donors (Lipinski definition) is 2. The Morgan fingerprint density at radius 1 is 1.45 bits per heavy atom. The highest BCUT2D eigenvalue weighted by molar-refractivity contribution is 7.89. The van der Waals surface area contributed by atoms with Crippen LogP contribution in [0.3, 0.4) is 0 Å². The van der Waals surface area contributed by atoms with E-state index in [1.54, 1.807) is 0 Å². The van der Waals surface area contributed by atoms with Crippen molar-refractivity contribution < 1.29 is 23.1 Å². The van der Waals surface area contributed by atoms with Gasteiger partial charge in [-0.1, -0.05) is 11.6 Å². The van der Waals surface area contributed by atoms with E-state index in [0.29, 0.717) is 6.42 Å². The summed E-state index contributed by atoms with van der Waals surface area (Å²) in [5, 5.41) is 11.4. The van der Waals surface area contributed by atoms with Gasteiger partial charge in [-0.05, 0) is 24.6 Å². The van der Waals surface area contributed by atoms with Gasteiger partial charge in [-0.2, -0.15) is 4.31 Å². The van der Waals surface area contributed by atoms with E-state index in [1.807, 2.05) is 0 Å². The lowest BCUT2D eigenvalue weighted by Crippen LogP contribution is -2.38. The minimum absolute atomic E-state index is 0.0475. The summed E-state index contributed by atoms with van der Waals surface area (Å²) >= 11 is 5.83. The number of benzene rings is 1. The average molecular weight is 351 g/mol. The van der Waals surface area contributed by atoms with Crippen LogP contribution >= 0.6 is 11.6 Å². The summed E-state index contributed by atoms with van der Waals surface area (Å²) in [5.74, 6) is -0.308. The zero-order chi connectivity index (χ0) is 16.8. The second-order valence-corrected chi connectivity index (χ2v) is 6.93. The number of halogens is 1. The maximum Gasteiger partial charge on any atom is 0.247 e. The summed E-state index contributed by atoms with van der Waals surface area (Å²) in [4.78, 5) is 11.6. The van der Waals surface area contributed by atoms with Crippen LogP contribution in [0.2, 0.25) is 5.02 Å². The highest BCUT2D eigenvalue weighted by Gasteiger charge is 2.26. The molecule has 0 aliphatic carbocycles. The lowest BCUT2D eigenvalue weighted by atomic mass is 10.3. The Bertz CT molecular complexity index is 621. The maximum atomic E-state index is 12.5. The number of sulfonamides is 1. The second-order valence-electron chi connectivity index (χ2n) is 4.48. The molecule has 22 heavy (non-hydrogen) atoms. The van der Waals surface area contributed by atoms with Crippen molar-refractivity contribution in [3.63, 3.8) is 0 Å². The van der Waals surface area contributed by atoms with E-state index in [0.717, 1.165) is 4.31 Å². The molecule has 0 fully saturated rings. The Kier molecular flexibility index (Phi) is 7.08. The van der Waals surface area contributed by atoms with E-state index >= 15 is 0 Å². The van der Waals surface area contributed by atoms with Gasteiger partial charge in [0, 0.05) is 25.2 Å². The molecule has 7 nitrogen and oxygen atoms in total. The van der Waals surface area contributed by atoms with E-state index in [-0.39, 0.29) is 35.4 Å². The first-order valence-electron chi connectivity index (χ1n) is 6.50. The molecule has 0 aliphatic heterocycles. The predicted octanol–water partition coefficient (Wildman–Crippen LogP) is 0.468. The van der Waals surface area contributed by atoms with Crippen LogP contribution in [0.15, 0.2) is 23.1 Å². The van der Waals surface area contributed by atoms with Crippen molar-refractivity contribution in [1.29, 1.82) is 0 Å². The van der Waals surface area contributed by atoms with Gasteiger partial charge in [-0.25, -0.2) is 8.42 Å². The number of nitrogens with zero attached hydrogens (tertiary/aromatic N) is 1. The highest BCUT2D eigenvalue weighted by Crippen LogP contribution is 2.28. The molecule has 0 aliphatic rings. The average Bonchev–Trinajstić information content (AvgIpc) is 2.47. The predicted molar refractivity (Wildman–Crippen MR) is 82.5 cm³/mol. The van der Waals surface area contributed by atoms with Gasteiger partial charge in [0.2, 0.25) is 15.9 Å². The number of nitrogens with one attached hydrogen (secondary N) is 1. The largest absolute Gasteiger partial charge is 0.495 e.